The van der Waals surface area contributed by atoms with E-state index in [1.54, 1.807) is 31.2 Å². The maximum atomic E-state index is 12.7. The van der Waals surface area contributed by atoms with Crippen molar-refractivity contribution >= 4 is 29.0 Å². The molecule has 0 aliphatic carbocycles. The summed E-state index contributed by atoms with van der Waals surface area (Å²) in [4.78, 5) is 35.3. The quantitative estimate of drug-likeness (QED) is 0.282. The van der Waals surface area contributed by atoms with Crippen molar-refractivity contribution < 1.29 is 19.2 Å². The Labute approximate surface area is 166 Å². The number of ketones is 1. The number of esters is 1. The van der Waals surface area contributed by atoms with Crippen LogP contribution in [0.3, 0.4) is 0 Å². The van der Waals surface area contributed by atoms with Gasteiger partial charge >= 0.3 is 5.97 Å². The number of benzene rings is 2. The van der Waals surface area contributed by atoms with Crippen molar-refractivity contribution in [1.82, 2.24) is 0 Å². The van der Waals surface area contributed by atoms with Gasteiger partial charge in [0, 0.05) is 35.1 Å². The second-order valence-electron chi connectivity index (χ2n) is 5.95. The normalized spacial score (nSPS) is 12.5. The Balaban J connectivity index is 2.38. The maximum absolute atomic E-state index is 12.7. The van der Waals surface area contributed by atoms with Crippen LogP contribution in [-0.2, 0) is 9.53 Å². The number of nitriles is 1. The van der Waals surface area contributed by atoms with Gasteiger partial charge in [0.2, 0.25) is 0 Å². The lowest BCUT2D eigenvalue weighted by Gasteiger charge is -2.20. The molecule has 0 bridgehead atoms. The minimum Gasteiger partial charge on any atom is -0.465 e. The standard InChI is InChI=1S/C20H17ClN2O5/c1-2-28-20(25)18(12-22)17(13-5-9-16(10-6-13)23(26)27)11-19(24)14-3-7-15(21)8-4-14/h3-10,17-18H,2,11H2,1H3/t17-,18+/m1/s1. The number of nitro groups is 1. The molecule has 2 aromatic rings. The largest absolute Gasteiger partial charge is 0.465 e. The third kappa shape index (κ3) is 5.15. The van der Waals surface area contributed by atoms with E-state index in [-0.39, 0.29) is 24.5 Å². The van der Waals surface area contributed by atoms with Gasteiger partial charge in [0.25, 0.3) is 5.69 Å². The van der Waals surface area contributed by atoms with Crippen LogP contribution in [0.1, 0.15) is 35.2 Å². The first-order chi connectivity index (χ1) is 13.4. The molecule has 0 radical (unpaired) electrons. The Bertz CT molecular complexity index is 904. The first-order valence-corrected chi connectivity index (χ1v) is 8.84. The van der Waals surface area contributed by atoms with E-state index in [0.717, 1.165) is 0 Å². The predicted octanol–water partition coefficient (Wildman–Crippen LogP) is 4.31. The molecule has 7 nitrogen and oxygen atoms in total. The average Bonchev–Trinajstić information content (AvgIpc) is 2.68. The van der Waals surface area contributed by atoms with E-state index in [2.05, 4.69) is 0 Å². The summed E-state index contributed by atoms with van der Waals surface area (Å²) in [5.41, 5.74) is 0.723. The van der Waals surface area contributed by atoms with Crippen LogP contribution in [0.4, 0.5) is 5.69 Å². The number of Topliss-reactive ketones (excluding diaryl/α,β-unsaturated/α-hetero) is 1. The number of nitrogens with zero attached hydrogens (tertiary/aromatic N) is 2. The molecule has 0 N–H and O–H groups in total. The van der Waals surface area contributed by atoms with Crippen molar-refractivity contribution in [2.75, 3.05) is 6.61 Å². The number of hydrogen-bond acceptors (Lipinski definition) is 6. The third-order valence-corrected chi connectivity index (χ3v) is 4.44. The van der Waals surface area contributed by atoms with Crippen LogP contribution in [0.15, 0.2) is 48.5 Å². The fourth-order valence-electron chi connectivity index (χ4n) is 2.76. The van der Waals surface area contributed by atoms with E-state index < -0.39 is 22.7 Å². The minimum absolute atomic E-state index is 0.0924. The van der Waals surface area contributed by atoms with Gasteiger partial charge in [0.15, 0.2) is 11.7 Å². The topological polar surface area (TPSA) is 110 Å². The van der Waals surface area contributed by atoms with E-state index in [4.69, 9.17) is 16.3 Å². The molecule has 2 rings (SSSR count). The molecule has 0 heterocycles. The van der Waals surface area contributed by atoms with Crippen molar-refractivity contribution in [1.29, 1.82) is 5.26 Å². The molecule has 0 aromatic heterocycles. The molecule has 8 heteroatoms. The van der Waals surface area contributed by atoms with E-state index in [1.165, 1.54) is 24.3 Å². The number of carbonyl (C=O) groups excluding carboxylic acids is 2. The van der Waals surface area contributed by atoms with Gasteiger partial charge in [-0.25, -0.2) is 0 Å². The van der Waals surface area contributed by atoms with Crippen LogP contribution in [0.5, 0.6) is 0 Å². The molecular weight excluding hydrogens is 384 g/mol. The molecule has 0 aliphatic heterocycles. The molecule has 0 aliphatic rings. The molecular formula is C20H17ClN2O5. The van der Waals surface area contributed by atoms with Gasteiger partial charge < -0.3 is 4.74 Å². The highest BCUT2D eigenvalue weighted by Crippen LogP contribution is 2.32. The zero-order valence-corrected chi connectivity index (χ0v) is 15.8. The summed E-state index contributed by atoms with van der Waals surface area (Å²) in [6.07, 6.45) is -0.142. The summed E-state index contributed by atoms with van der Waals surface area (Å²) in [6, 6.07) is 13.6. The lowest BCUT2D eigenvalue weighted by molar-refractivity contribution is -0.384. The highest BCUT2D eigenvalue weighted by molar-refractivity contribution is 6.30. The zero-order valence-electron chi connectivity index (χ0n) is 15.0. The van der Waals surface area contributed by atoms with Crippen LogP contribution in [0, 0.1) is 27.4 Å². The molecule has 0 saturated heterocycles. The van der Waals surface area contributed by atoms with Gasteiger partial charge in [-0.15, -0.1) is 0 Å². The van der Waals surface area contributed by atoms with Crippen molar-refractivity contribution in [3.8, 4) is 6.07 Å². The number of non-ortho nitro benzene ring substituents is 1. The summed E-state index contributed by atoms with van der Waals surface area (Å²) < 4.78 is 4.96. The molecule has 0 amide bonds. The molecule has 144 valence electrons. The van der Waals surface area contributed by atoms with Crippen LogP contribution >= 0.6 is 11.6 Å². The van der Waals surface area contributed by atoms with Crippen molar-refractivity contribution in [2.45, 2.75) is 19.3 Å². The highest BCUT2D eigenvalue weighted by Gasteiger charge is 2.33. The van der Waals surface area contributed by atoms with Crippen molar-refractivity contribution in [2.24, 2.45) is 5.92 Å². The van der Waals surface area contributed by atoms with Crippen LogP contribution < -0.4 is 0 Å². The van der Waals surface area contributed by atoms with E-state index in [9.17, 15) is 25.0 Å². The number of ether oxygens (including phenoxy) is 1. The summed E-state index contributed by atoms with van der Waals surface area (Å²) in [7, 11) is 0. The van der Waals surface area contributed by atoms with Gasteiger partial charge in [-0.3, -0.25) is 19.7 Å². The first kappa shape index (κ1) is 21.1. The Morgan fingerprint density at radius 1 is 1.18 bits per heavy atom. The monoisotopic (exact) mass is 400 g/mol. The van der Waals surface area contributed by atoms with E-state index >= 15 is 0 Å². The van der Waals surface area contributed by atoms with Crippen LogP contribution in [0.2, 0.25) is 5.02 Å². The minimum atomic E-state index is -1.22. The van der Waals surface area contributed by atoms with Crippen LogP contribution in [-0.4, -0.2) is 23.3 Å². The number of nitro benzene ring substituents is 1. The smallest absolute Gasteiger partial charge is 0.323 e. The first-order valence-electron chi connectivity index (χ1n) is 8.46. The number of hydrogen-bond donors (Lipinski definition) is 0. The fourth-order valence-corrected chi connectivity index (χ4v) is 2.89. The van der Waals surface area contributed by atoms with E-state index in [0.29, 0.717) is 16.1 Å². The summed E-state index contributed by atoms with van der Waals surface area (Å²) in [5.74, 6) is -3.06. The van der Waals surface area contributed by atoms with Gasteiger partial charge in [0.1, 0.15) is 0 Å². The molecule has 0 saturated carbocycles. The Hall–Kier alpha value is -3.24. The van der Waals surface area contributed by atoms with Gasteiger partial charge in [-0.2, -0.15) is 5.26 Å². The second-order valence-corrected chi connectivity index (χ2v) is 6.38. The van der Waals surface area contributed by atoms with Gasteiger partial charge in [0.05, 0.1) is 17.6 Å². The summed E-state index contributed by atoms with van der Waals surface area (Å²) >= 11 is 5.84. The molecule has 0 spiro atoms. The lowest BCUT2D eigenvalue weighted by Crippen LogP contribution is -2.25. The molecule has 2 aromatic carbocycles. The van der Waals surface area contributed by atoms with Crippen molar-refractivity contribution in [3.63, 3.8) is 0 Å². The Kier molecular flexibility index (Phi) is 7.24. The highest BCUT2D eigenvalue weighted by atomic mass is 35.5. The molecule has 2 atom stereocenters. The molecule has 28 heavy (non-hydrogen) atoms. The predicted molar refractivity (Wildman–Crippen MR) is 102 cm³/mol. The SMILES string of the molecule is CCOC(=O)[C@@H](C#N)[C@H](CC(=O)c1ccc(Cl)cc1)c1ccc([N+](=O)[O-])cc1. The Morgan fingerprint density at radius 3 is 2.29 bits per heavy atom. The van der Waals surface area contributed by atoms with Crippen LogP contribution in [0.25, 0.3) is 0 Å². The Morgan fingerprint density at radius 2 is 1.79 bits per heavy atom. The molecule has 0 fully saturated rings. The number of carbonyl (C=O) groups is 2. The third-order valence-electron chi connectivity index (χ3n) is 4.19. The average molecular weight is 401 g/mol. The van der Waals surface area contributed by atoms with Gasteiger partial charge in [-0.05, 0) is 36.8 Å². The fraction of sp³-hybridized carbons (Fsp3) is 0.250. The lowest BCUT2D eigenvalue weighted by atomic mass is 9.82. The number of rotatable bonds is 8. The molecule has 0 unspecified atom stereocenters. The number of halogens is 1. The maximum Gasteiger partial charge on any atom is 0.323 e. The van der Waals surface area contributed by atoms with Gasteiger partial charge in [-0.1, -0.05) is 23.7 Å². The summed E-state index contributed by atoms with van der Waals surface area (Å²) in [6.45, 7) is 1.71. The van der Waals surface area contributed by atoms with E-state index in [1.807, 2.05) is 6.07 Å². The summed E-state index contributed by atoms with van der Waals surface area (Å²) in [5, 5.41) is 20.9. The zero-order chi connectivity index (χ0) is 20.7. The second kappa shape index (κ2) is 9.62. The van der Waals surface area contributed by atoms with Crippen molar-refractivity contribution in [3.05, 3.63) is 74.8 Å².